The van der Waals surface area contributed by atoms with Gasteiger partial charge >= 0.3 is 5.97 Å². The van der Waals surface area contributed by atoms with Crippen LogP contribution in [0.15, 0.2) is 24.3 Å². The predicted molar refractivity (Wildman–Crippen MR) is 72.9 cm³/mol. The molecule has 0 unspecified atom stereocenters. The van der Waals surface area contributed by atoms with E-state index in [1.54, 1.807) is 24.3 Å². The van der Waals surface area contributed by atoms with E-state index in [4.69, 9.17) is 10.5 Å². The predicted octanol–water partition coefficient (Wildman–Crippen LogP) is 4.12. The van der Waals surface area contributed by atoms with Gasteiger partial charge in [-0.3, -0.25) is 0 Å². The van der Waals surface area contributed by atoms with E-state index in [2.05, 4.69) is 6.92 Å². The van der Waals surface area contributed by atoms with Crippen molar-refractivity contribution >= 4 is 11.7 Å². The lowest BCUT2D eigenvalue weighted by Crippen LogP contribution is -2.06. The van der Waals surface area contributed by atoms with Crippen LogP contribution in [0, 0.1) is 0 Å². The Labute approximate surface area is 109 Å². The van der Waals surface area contributed by atoms with Crippen molar-refractivity contribution in [3.8, 4) is 0 Å². The molecule has 1 aromatic carbocycles. The third kappa shape index (κ3) is 5.71. The molecule has 1 N–H and O–H groups in total. The zero-order valence-electron chi connectivity index (χ0n) is 11.1. The maximum Gasteiger partial charge on any atom is 0.338 e. The Morgan fingerprint density at radius 2 is 1.67 bits per heavy atom. The molecule has 3 heteroatoms. The van der Waals surface area contributed by atoms with Crippen molar-refractivity contribution in [1.82, 2.24) is 5.73 Å². The fraction of sp³-hybridized carbons (Fsp3) is 0.533. The lowest BCUT2D eigenvalue weighted by molar-refractivity contribution is 0.0497. The molecule has 0 bridgehead atoms. The molecule has 0 saturated heterocycles. The molecule has 0 spiro atoms. The highest BCUT2D eigenvalue weighted by molar-refractivity contribution is 5.89. The minimum atomic E-state index is -0.288. The molecular formula is C15H22NO2. The number of unbranched alkanes of at least 4 members (excludes halogenated alkanes) is 5. The summed E-state index contributed by atoms with van der Waals surface area (Å²) in [7, 11) is 0. The Morgan fingerprint density at radius 3 is 2.33 bits per heavy atom. The van der Waals surface area contributed by atoms with E-state index in [1.165, 1.54) is 25.7 Å². The van der Waals surface area contributed by atoms with Crippen LogP contribution in [0.1, 0.15) is 55.8 Å². The first-order valence-corrected chi connectivity index (χ1v) is 6.73. The Balaban J connectivity index is 2.12. The van der Waals surface area contributed by atoms with Crippen LogP contribution in [-0.4, -0.2) is 12.6 Å². The van der Waals surface area contributed by atoms with Crippen LogP contribution in [0.3, 0.4) is 0 Å². The highest BCUT2D eigenvalue weighted by atomic mass is 16.5. The number of benzene rings is 1. The first kappa shape index (κ1) is 14.6. The van der Waals surface area contributed by atoms with Crippen LogP contribution in [-0.2, 0) is 4.74 Å². The molecule has 0 aliphatic heterocycles. The van der Waals surface area contributed by atoms with Crippen molar-refractivity contribution in [2.45, 2.75) is 45.4 Å². The zero-order chi connectivity index (χ0) is 13.2. The minimum Gasteiger partial charge on any atom is -0.462 e. The maximum atomic E-state index is 11.6. The first-order valence-electron chi connectivity index (χ1n) is 6.73. The number of hydrogen-bond donors (Lipinski definition) is 0. The van der Waals surface area contributed by atoms with Gasteiger partial charge in [0.25, 0.3) is 0 Å². The molecule has 1 aromatic rings. The number of ether oxygens (including phenoxy) is 1. The van der Waals surface area contributed by atoms with Crippen molar-refractivity contribution in [2.24, 2.45) is 0 Å². The molecule has 18 heavy (non-hydrogen) atoms. The van der Waals surface area contributed by atoms with Gasteiger partial charge in [-0.05, 0) is 30.7 Å². The number of nitrogens with one attached hydrogen (secondary N) is 1. The van der Waals surface area contributed by atoms with E-state index in [0.717, 1.165) is 12.8 Å². The molecule has 1 radical (unpaired) electrons. The fourth-order valence-electron chi connectivity index (χ4n) is 1.74. The minimum absolute atomic E-state index is 0.288. The summed E-state index contributed by atoms with van der Waals surface area (Å²) in [6, 6.07) is 6.46. The molecule has 3 nitrogen and oxygen atoms in total. The van der Waals surface area contributed by atoms with Crippen LogP contribution in [0.5, 0.6) is 0 Å². The molecular weight excluding hydrogens is 226 g/mol. The normalized spacial score (nSPS) is 10.3. The van der Waals surface area contributed by atoms with Crippen molar-refractivity contribution in [3.05, 3.63) is 29.8 Å². The number of carbonyl (C=O) groups is 1. The van der Waals surface area contributed by atoms with Crippen molar-refractivity contribution in [2.75, 3.05) is 6.61 Å². The Bertz CT molecular complexity index is 346. The van der Waals surface area contributed by atoms with Gasteiger partial charge in [-0.2, -0.15) is 0 Å². The van der Waals surface area contributed by atoms with Crippen LogP contribution < -0.4 is 5.73 Å². The standard InChI is InChI=1S/C15H22NO2/c1-2-3-4-5-6-7-12-18-15(17)13-8-10-14(16)11-9-13/h8-11,16H,2-7,12H2,1H3. The second-order valence-electron chi connectivity index (χ2n) is 4.48. The summed E-state index contributed by atoms with van der Waals surface area (Å²) in [5, 5.41) is 0. The number of rotatable bonds is 8. The molecule has 0 aliphatic carbocycles. The molecule has 0 heterocycles. The highest BCUT2D eigenvalue weighted by Crippen LogP contribution is 2.09. The van der Waals surface area contributed by atoms with Gasteiger partial charge in [0.05, 0.1) is 17.9 Å². The van der Waals surface area contributed by atoms with Gasteiger partial charge in [-0.1, -0.05) is 39.0 Å². The van der Waals surface area contributed by atoms with Crippen LogP contribution in [0.25, 0.3) is 0 Å². The van der Waals surface area contributed by atoms with Gasteiger partial charge in [-0.25, -0.2) is 4.79 Å². The molecule has 0 amide bonds. The summed E-state index contributed by atoms with van der Waals surface area (Å²) in [5.74, 6) is -0.288. The van der Waals surface area contributed by atoms with Crippen LogP contribution >= 0.6 is 0 Å². The average molecular weight is 248 g/mol. The molecule has 0 atom stereocenters. The topological polar surface area (TPSA) is 50.1 Å². The van der Waals surface area contributed by atoms with Crippen LogP contribution in [0.4, 0.5) is 5.69 Å². The van der Waals surface area contributed by atoms with Gasteiger partial charge in [0.1, 0.15) is 0 Å². The monoisotopic (exact) mass is 248 g/mol. The second-order valence-corrected chi connectivity index (χ2v) is 4.48. The summed E-state index contributed by atoms with van der Waals surface area (Å²) in [6.07, 6.45) is 7.10. The lowest BCUT2D eigenvalue weighted by Gasteiger charge is -2.05. The smallest absolute Gasteiger partial charge is 0.338 e. The summed E-state index contributed by atoms with van der Waals surface area (Å²) >= 11 is 0. The van der Waals surface area contributed by atoms with Gasteiger partial charge in [-0.15, -0.1) is 0 Å². The largest absolute Gasteiger partial charge is 0.462 e. The second kappa shape index (κ2) is 8.56. The van der Waals surface area contributed by atoms with Gasteiger partial charge in [0.15, 0.2) is 0 Å². The summed E-state index contributed by atoms with van der Waals surface area (Å²) in [5.41, 5.74) is 8.26. The summed E-state index contributed by atoms with van der Waals surface area (Å²) in [6.45, 7) is 2.69. The lowest BCUT2D eigenvalue weighted by atomic mass is 10.1. The van der Waals surface area contributed by atoms with Gasteiger partial charge in [0, 0.05) is 0 Å². The molecule has 0 aromatic heterocycles. The molecule has 0 saturated carbocycles. The Morgan fingerprint density at radius 1 is 1.06 bits per heavy atom. The van der Waals surface area contributed by atoms with E-state index < -0.39 is 0 Å². The van der Waals surface area contributed by atoms with Gasteiger partial charge < -0.3 is 10.5 Å². The Hall–Kier alpha value is -1.51. The fourth-order valence-corrected chi connectivity index (χ4v) is 1.74. The third-order valence-electron chi connectivity index (χ3n) is 2.85. The number of esters is 1. The third-order valence-corrected chi connectivity index (χ3v) is 2.85. The molecule has 0 aliphatic rings. The van der Waals surface area contributed by atoms with E-state index in [0.29, 0.717) is 17.9 Å². The molecule has 0 fully saturated rings. The van der Waals surface area contributed by atoms with E-state index >= 15 is 0 Å². The van der Waals surface area contributed by atoms with Crippen molar-refractivity contribution < 1.29 is 9.53 Å². The van der Waals surface area contributed by atoms with E-state index in [-0.39, 0.29) is 5.97 Å². The highest BCUT2D eigenvalue weighted by Gasteiger charge is 2.05. The molecule has 1 rings (SSSR count). The maximum absolute atomic E-state index is 11.6. The first-order chi connectivity index (χ1) is 8.74. The SMILES string of the molecule is CCCCCCCCOC(=O)c1ccc([NH])cc1. The average Bonchev–Trinajstić information content (AvgIpc) is 2.38. The quantitative estimate of drug-likeness (QED) is 0.513. The van der Waals surface area contributed by atoms with Crippen molar-refractivity contribution in [1.29, 1.82) is 0 Å². The zero-order valence-corrected chi connectivity index (χ0v) is 11.1. The number of carbonyl (C=O) groups excluding carboxylic acids is 1. The summed E-state index contributed by atoms with van der Waals surface area (Å²) < 4.78 is 5.17. The number of hydrogen-bond acceptors (Lipinski definition) is 2. The van der Waals surface area contributed by atoms with E-state index in [1.807, 2.05) is 0 Å². The molecule has 99 valence electrons. The van der Waals surface area contributed by atoms with Crippen LogP contribution in [0.2, 0.25) is 0 Å². The van der Waals surface area contributed by atoms with Gasteiger partial charge in [0.2, 0.25) is 0 Å². The van der Waals surface area contributed by atoms with E-state index in [9.17, 15) is 4.79 Å². The summed E-state index contributed by atoms with van der Waals surface area (Å²) in [4.78, 5) is 11.6. The Kier molecular flexibility index (Phi) is 6.92. The van der Waals surface area contributed by atoms with Crippen molar-refractivity contribution in [3.63, 3.8) is 0 Å².